The van der Waals surface area contributed by atoms with Gasteiger partial charge in [0.25, 0.3) is 5.91 Å². The molecular weight excluding hydrogens is 422 g/mol. The lowest BCUT2D eigenvalue weighted by Crippen LogP contribution is -2.29. The van der Waals surface area contributed by atoms with Crippen molar-refractivity contribution in [1.29, 1.82) is 0 Å². The van der Waals surface area contributed by atoms with Crippen LogP contribution in [0.15, 0.2) is 47.6 Å². The van der Waals surface area contributed by atoms with Crippen molar-refractivity contribution in [1.82, 2.24) is 20.1 Å². The second kappa shape index (κ2) is 10.5. The Morgan fingerprint density at radius 2 is 1.66 bits per heavy atom. The van der Waals surface area contributed by atoms with Crippen molar-refractivity contribution in [2.75, 3.05) is 11.1 Å². The van der Waals surface area contributed by atoms with E-state index in [1.165, 1.54) is 11.8 Å². The maximum Gasteiger partial charge on any atom is 0.252 e. The molecule has 0 aliphatic carbocycles. The van der Waals surface area contributed by atoms with E-state index in [0.29, 0.717) is 23.1 Å². The highest BCUT2D eigenvalue weighted by Gasteiger charge is 2.21. The summed E-state index contributed by atoms with van der Waals surface area (Å²) in [6, 6.07) is 13.1. The predicted molar refractivity (Wildman–Crippen MR) is 128 cm³/mol. The number of hydrogen-bond acceptors (Lipinski definition) is 5. The molecule has 0 spiro atoms. The first-order valence-corrected chi connectivity index (χ1v) is 11.6. The number of benzene rings is 2. The quantitative estimate of drug-likeness (QED) is 0.494. The normalized spacial score (nSPS) is 11.8. The molecule has 0 saturated carbocycles. The Kier molecular flexibility index (Phi) is 7.69. The van der Waals surface area contributed by atoms with Crippen molar-refractivity contribution in [3.63, 3.8) is 0 Å². The average Bonchev–Trinajstić information content (AvgIpc) is 3.18. The number of thioether (sulfide) groups is 1. The van der Waals surface area contributed by atoms with Gasteiger partial charge in [0.2, 0.25) is 5.91 Å². The predicted octanol–water partition coefficient (Wildman–Crippen LogP) is 4.45. The number of rotatable bonds is 8. The van der Waals surface area contributed by atoms with Crippen molar-refractivity contribution in [2.24, 2.45) is 0 Å². The molecule has 2 aromatic carbocycles. The van der Waals surface area contributed by atoms with Gasteiger partial charge in [0.1, 0.15) is 0 Å². The van der Waals surface area contributed by atoms with Gasteiger partial charge >= 0.3 is 0 Å². The molecule has 0 saturated heterocycles. The highest BCUT2D eigenvalue weighted by atomic mass is 32.2. The van der Waals surface area contributed by atoms with Gasteiger partial charge in [-0.2, -0.15) is 0 Å². The van der Waals surface area contributed by atoms with Gasteiger partial charge in [-0.3, -0.25) is 9.59 Å². The summed E-state index contributed by atoms with van der Waals surface area (Å²) in [5, 5.41) is 15.2. The Bertz CT molecular complexity index is 1110. The second-order valence-electron chi connectivity index (χ2n) is 7.70. The van der Waals surface area contributed by atoms with Crippen LogP contribution in [0.1, 0.15) is 52.8 Å². The highest BCUT2D eigenvalue weighted by molar-refractivity contribution is 7.99. The zero-order valence-electron chi connectivity index (χ0n) is 19.1. The Morgan fingerprint density at radius 1 is 1.00 bits per heavy atom. The summed E-state index contributed by atoms with van der Waals surface area (Å²) in [6.07, 6.45) is 0. The average molecular weight is 452 g/mol. The third-order valence-electron chi connectivity index (χ3n) is 5.26. The first-order valence-electron chi connectivity index (χ1n) is 10.6. The largest absolute Gasteiger partial charge is 0.342 e. The zero-order chi connectivity index (χ0) is 23.3. The van der Waals surface area contributed by atoms with E-state index in [9.17, 15) is 9.59 Å². The Labute approximate surface area is 193 Å². The molecule has 32 heavy (non-hydrogen) atoms. The maximum atomic E-state index is 12.7. The summed E-state index contributed by atoms with van der Waals surface area (Å²) in [5.41, 5.74) is 4.46. The molecule has 0 aliphatic heterocycles. The number of para-hydroxylation sites is 1. The monoisotopic (exact) mass is 451 g/mol. The van der Waals surface area contributed by atoms with Crippen molar-refractivity contribution < 1.29 is 9.59 Å². The number of nitrogens with one attached hydrogen (secondary N) is 2. The van der Waals surface area contributed by atoms with Crippen LogP contribution in [0, 0.1) is 20.8 Å². The standard InChI is InChI=1S/C24H29N5O2S/c1-6-29-22(18(5)25-23(31)19-13-8-7-10-15(19)2)27-28-24(29)32-14-20(30)26-21-16(3)11-9-12-17(21)4/h7-13,18H,6,14H2,1-5H3,(H,25,31)(H,26,30)/t18-/m0/s1. The molecule has 2 N–H and O–H groups in total. The van der Waals surface area contributed by atoms with Gasteiger partial charge in [-0.25, -0.2) is 0 Å². The van der Waals surface area contributed by atoms with Crippen molar-refractivity contribution in [2.45, 2.75) is 52.4 Å². The molecule has 3 aromatic rings. The summed E-state index contributed by atoms with van der Waals surface area (Å²) in [4.78, 5) is 25.2. The van der Waals surface area contributed by atoms with Crippen molar-refractivity contribution >= 4 is 29.3 Å². The molecule has 0 unspecified atom stereocenters. The first kappa shape index (κ1) is 23.5. The minimum Gasteiger partial charge on any atom is -0.342 e. The van der Waals surface area contributed by atoms with Gasteiger partial charge in [-0.15, -0.1) is 10.2 Å². The lowest BCUT2D eigenvalue weighted by molar-refractivity contribution is -0.113. The van der Waals surface area contributed by atoms with E-state index in [2.05, 4.69) is 20.8 Å². The highest BCUT2D eigenvalue weighted by Crippen LogP contribution is 2.23. The Balaban J connectivity index is 1.66. The molecule has 0 radical (unpaired) electrons. The number of carbonyl (C=O) groups excluding carboxylic acids is 2. The third-order valence-corrected chi connectivity index (χ3v) is 6.23. The van der Waals surface area contributed by atoms with Crippen LogP contribution in [-0.4, -0.2) is 32.3 Å². The van der Waals surface area contributed by atoms with Gasteiger partial charge in [-0.05, 0) is 57.4 Å². The van der Waals surface area contributed by atoms with Crippen molar-refractivity contribution in [3.05, 3.63) is 70.5 Å². The maximum absolute atomic E-state index is 12.7. The molecule has 7 nitrogen and oxygen atoms in total. The van der Waals surface area contributed by atoms with Crippen LogP contribution >= 0.6 is 11.8 Å². The molecule has 8 heteroatoms. The molecule has 2 amide bonds. The summed E-state index contributed by atoms with van der Waals surface area (Å²) in [7, 11) is 0. The Hall–Kier alpha value is -3.13. The third kappa shape index (κ3) is 5.37. The second-order valence-corrected chi connectivity index (χ2v) is 8.64. The van der Waals surface area contributed by atoms with Gasteiger partial charge < -0.3 is 15.2 Å². The summed E-state index contributed by atoms with van der Waals surface area (Å²) in [6.45, 7) is 10.4. The van der Waals surface area contributed by atoms with Gasteiger partial charge in [0.15, 0.2) is 11.0 Å². The van der Waals surface area contributed by atoms with Gasteiger partial charge in [0.05, 0.1) is 11.8 Å². The lowest BCUT2D eigenvalue weighted by atomic mass is 10.1. The van der Waals surface area contributed by atoms with Crippen LogP contribution in [0.3, 0.4) is 0 Å². The Morgan fingerprint density at radius 3 is 2.31 bits per heavy atom. The van der Waals surface area contributed by atoms with Crippen LogP contribution < -0.4 is 10.6 Å². The fourth-order valence-corrected chi connectivity index (χ4v) is 4.32. The molecule has 0 bridgehead atoms. The minimum absolute atomic E-state index is 0.0968. The lowest BCUT2D eigenvalue weighted by Gasteiger charge is -2.16. The van der Waals surface area contributed by atoms with E-state index in [0.717, 1.165) is 22.4 Å². The van der Waals surface area contributed by atoms with Crippen LogP contribution in [0.4, 0.5) is 5.69 Å². The number of anilines is 1. The van der Waals surface area contributed by atoms with Crippen LogP contribution in [0.2, 0.25) is 0 Å². The smallest absolute Gasteiger partial charge is 0.252 e. The van der Waals surface area contributed by atoms with Crippen LogP contribution in [-0.2, 0) is 11.3 Å². The minimum atomic E-state index is -0.327. The van der Waals surface area contributed by atoms with Crippen molar-refractivity contribution in [3.8, 4) is 0 Å². The van der Waals surface area contributed by atoms with E-state index in [1.54, 1.807) is 6.07 Å². The molecular formula is C24H29N5O2S. The molecule has 3 rings (SSSR count). The summed E-state index contributed by atoms with van der Waals surface area (Å²) in [5.74, 6) is 0.631. The number of carbonyl (C=O) groups is 2. The molecule has 0 aliphatic rings. The topological polar surface area (TPSA) is 88.9 Å². The van der Waals surface area contributed by atoms with E-state index in [4.69, 9.17) is 0 Å². The SMILES string of the molecule is CCn1c(SCC(=O)Nc2c(C)cccc2C)nnc1[C@H](C)NC(=O)c1ccccc1C. The van der Waals surface area contributed by atoms with Gasteiger partial charge in [0, 0.05) is 17.8 Å². The van der Waals surface area contributed by atoms with Crippen LogP contribution in [0.5, 0.6) is 0 Å². The molecule has 1 atom stereocenters. The van der Waals surface area contributed by atoms with E-state index >= 15 is 0 Å². The number of aryl methyl sites for hydroxylation is 3. The summed E-state index contributed by atoms with van der Waals surface area (Å²) >= 11 is 1.33. The van der Waals surface area contributed by atoms with E-state index < -0.39 is 0 Å². The molecule has 0 fully saturated rings. The first-order chi connectivity index (χ1) is 15.3. The van der Waals surface area contributed by atoms with E-state index in [1.807, 2.05) is 75.6 Å². The number of aromatic nitrogens is 3. The fourth-order valence-electron chi connectivity index (χ4n) is 3.51. The van der Waals surface area contributed by atoms with E-state index in [-0.39, 0.29) is 23.6 Å². The van der Waals surface area contributed by atoms with Crippen LogP contribution in [0.25, 0.3) is 0 Å². The number of hydrogen-bond donors (Lipinski definition) is 2. The fraction of sp³-hybridized carbons (Fsp3) is 0.333. The summed E-state index contributed by atoms with van der Waals surface area (Å²) < 4.78 is 1.93. The number of amides is 2. The molecule has 1 aromatic heterocycles. The molecule has 168 valence electrons. The zero-order valence-corrected chi connectivity index (χ0v) is 19.9. The number of nitrogens with zero attached hydrogens (tertiary/aromatic N) is 3. The van der Waals surface area contributed by atoms with Gasteiger partial charge in [-0.1, -0.05) is 48.2 Å². The molecule has 1 heterocycles.